The Labute approximate surface area is 284 Å². The van der Waals surface area contributed by atoms with Crippen LogP contribution in [-0.2, 0) is 31.8 Å². The second kappa shape index (κ2) is 14.4. The summed E-state index contributed by atoms with van der Waals surface area (Å²) in [6.07, 6.45) is 5.29. The van der Waals surface area contributed by atoms with Gasteiger partial charge in [-0.3, -0.25) is 9.36 Å². The Balaban J connectivity index is 1.45. The van der Waals surface area contributed by atoms with Crippen molar-refractivity contribution in [2.45, 2.75) is 97.1 Å². The van der Waals surface area contributed by atoms with Crippen molar-refractivity contribution in [1.29, 1.82) is 0 Å². The molecule has 0 aliphatic heterocycles. The molecule has 0 saturated heterocycles. The number of hydrogen-bond acceptors (Lipinski definition) is 7. The van der Waals surface area contributed by atoms with Gasteiger partial charge in [-0.1, -0.05) is 87.5 Å². The summed E-state index contributed by atoms with van der Waals surface area (Å²) in [6.45, 7) is 13.1. The number of methoxy groups -OCH3 is 1. The van der Waals surface area contributed by atoms with E-state index in [0.717, 1.165) is 23.3 Å². The van der Waals surface area contributed by atoms with Crippen LogP contribution in [0.25, 0.3) is 0 Å². The van der Waals surface area contributed by atoms with Gasteiger partial charge in [0.2, 0.25) is 0 Å². The monoisotopic (exact) mass is 671 g/mol. The Bertz CT molecular complexity index is 1640. The Kier molecular flexibility index (Phi) is 10.7. The first-order chi connectivity index (χ1) is 22.4. The number of benzene rings is 2. The lowest BCUT2D eigenvalue weighted by Crippen LogP contribution is -2.68. The number of carbonyl (C=O) groups excluding carboxylic acids is 1. The van der Waals surface area contributed by atoms with E-state index in [1.54, 1.807) is 7.11 Å². The van der Waals surface area contributed by atoms with Gasteiger partial charge in [-0.2, -0.15) is 0 Å². The summed E-state index contributed by atoms with van der Waals surface area (Å²) in [5.74, 6) is 0.451. The van der Waals surface area contributed by atoms with Crippen LogP contribution in [0.1, 0.15) is 72.9 Å². The molecule has 0 amide bonds. The fourth-order valence-corrected chi connectivity index (χ4v) is 12.2. The van der Waals surface area contributed by atoms with Crippen LogP contribution in [0.2, 0.25) is 5.04 Å². The minimum Gasteiger partial charge on any atom is -0.460 e. The number of aromatic nitrogens is 2. The minimum atomic E-state index is -2.72. The van der Waals surface area contributed by atoms with Gasteiger partial charge < -0.3 is 13.9 Å². The van der Waals surface area contributed by atoms with Crippen molar-refractivity contribution in [3.05, 3.63) is 101 Å². The highest BCUT2D eigenvalue weighted by molar-refractivity contribution is 7.07. The van der Waals surface area contributed by atoms with Gasteiger partial charge in [0, 0.05) is 36.9 Å². The van der Waals surface area contributed by atoms with E-state index >= 15 is 0 Å². The number of rotatable bonds is 10. The van der Waals surface area contributed by atoms with Crippen molar-refractivity contribution in [3.8, 4) is 0 Å². The minimum absolute atomic E-state index is 0.0150. The van der Waals surface area contributed by atoms with E-state index in [2.05, 4.69) is 81.4 Å². The van der Waals surface area contributed by atoms with Gasteiger partial charge in [0.1, 0.15) is 12.3 Å². The number of thiazole rings is 1. The first-order valence-corrected chi connectivity index (χ1v) is 19.3. The first-order valence-electron chi connectivity index (χ1n) is 16.5. The van der Waals surface area contributed by atoms with Crippen molar-refractivity contribution in [3.63, 3.8) is 0 Å². The summed E-state index contributed by atoms with van der Waals surface area (Å²) < 4.78 is 20.8. The molecule has 250 valence electrons. The van der Waals surface area contributed by atoms with Gasteiger partial charge in [-0.15, -0.1) is 11.3 Å². The normalized spacial score (nSPS) is 19.5. The summed E-state index contributed by atoms with van der Waals surface area (Å²) in [5, 5.41) is 4.40. The maximum absolute atomic E-state index is 14.1. The molecular weight excluding hydrogens is 623 g/mol. The van der Waals surface area contributed by atoms with E-state index < -0.39 is 19.3 Å². The number of carbonyl (C=O) groups is 1. The zero-order valence-electron chi connectivity index (χ0n) is 28.9. The fourth-order valence-electron chi connectivity index (χ4n) is 6.74. The largest absolute Gasteiger partial charge is 0.460 e. The topological polar surface area (TPSA) is 74.9 Å². The van der Waals surface area contributed by atoms with Gasteiger partial charge >= 0.3 is 5.97 Å². The maximum Gasteiger partial charge on any atom is 0.312 e. The molecule has 0 unspecified atom stereocenters. The number of esters is 1. The number of nitrogens with zero attached hydrogens (tertiary/aromatic N) is 3. The zero-order valence-corrected chi connectivity index (χ0v) is 30.7. The molecular formula is C38H49N3O4SSi. The van der Waals surface area contributed by atoms with E-state index in [0.29, 0.717) is 31.8 Å². The van der Waals surface area contributed by atoms with Gasteiger partial charge in [0.15, 0.2) is 10.6 Å². The van der Waals surface area contributed by atoms with Crippen molar-refractivity contribution >= 4 is 41.8 Å². The average molecular weight is 672 g/mol. The summed E-state index contributed by atoms with van der Waals surface area (Å²) in [5.41, 5.74) is -0.466. The van der Waals surface area contributed by atoms with Crippen LogP contribution >= 0.6 is 11.3 Å². The predicted molar refractivity (Wildman–Crippen MR) is 192 cm³/mol. The van der Waals surface area contributed by atoms with Crippen LogP contribution in [0.4, 0.5) is 5.82 Å². The van der Waals surface area contributed by atoms with Crippen molar-refractivity contribution in [2.75, 3.05) is 7.11 Å². The molecule has 0 atom stereocenters. The van der Waals surface area contributed by atoms with E-state index in [4.69, 9.17) is 23.9 Å². The lowest BCUT2D eigenvalue weighted by Gasteiger charge is -2.47. The standard InChI is InChI=1S/C38H49N3O4SSi/c1-36(2,3)44-34(42)38(27-29-15-14-20-33(39-29)40-35-41(28-43-7)25-26-46-35)23-21-30(22-24-38)45-47(37(4,5)6,31-16-10-8-11-17-31)32-18-12-9-13-19-32/h8-20,25-26,30H,21-24,27-28H2,1-7H3. The van der Waals surface area contributed by atoms with Crippen LogP contribution < -0.4 is 15.2 Å². The highest BCUT2D eigenvalue weighted by Crippen LogP contribution is 2.45. The second-order valence-electron chi connectivity index (χ2n) is 14.6. The molecule has 4 aromatic rings. The van der Waals surface area contributed by atoms with Crippen LogP contribution in [0, 0.1) is 5.41 Å². The Morgan fingerprint density at radius 2 is 1.55 bits per heavy atom. The number of hydrogen-bond donors (Lipinski definition) is 0. The molecule has 5 rings (SSSR count). The summed E-state index contributed by atoms with van der Waals surface area (Å²) in [4.78, 5) is 24.6. The highest BCUT2D eigenvalue weighted by Gasteiger charge is 2.53. The molecule has 1 aliphatic carbocycles. The van der Waals surface area contributed by atoms with Crippen LogP contribution in [-0.4, -0.2) is 42.7 Å². The molecule has 0 bridgehead atoms. The predicted octanol–water partition coefficient (Wildman–Crippen LogP) is 7.17. The third-order valence-electron chi connectivity index (χ3n) is 8.93. The lowest BCUT2D eigenvalue weighted by molar-refractivity contribution is -0.171. The van der Waals surface area contributed by atoms with E-state index in [1.165, 1.54) is 21.7 Å². The maximum atomic E-state index is 14.1. The molecule has 0 N–H and O–H groups in total. The molecule has 2 aromatic heterocycles. The molecule has 1 fully saturated rings. The number of pyridine rings is 1. The van der Waals surface area contributed by atoms with Crippen LogP contribution in [0.5, 0.6) is 0 Å². The molecule has 9 heteroatoms. The van der Waals surface area contributed by atoms with Crippen LogP contribution in [0.15, 0.2) is 95.4 Å². The van der Waals surface area contributed by atoms with Crippen molar-refractivity contribution in [1.82, 2.24) is 9.55 Å². The summed E-state index contributed by atoms with van der Waals surface area (Å²) >= 11 is 1.53. The molecule has 2 aromatic carbocycles. The average Bonchev–Trinajstić information content (AvgIpc) is 3.46. The van der Waals surface area contributed by atoms with Crippen molar-refractivity contribution < 1.29 is 18.7 Å². The molecule has 47 heavy (non-hydrogen) atoms. The molecule has 1 aliphatic rings. The fraction of sp³-hybridized carbons (Fsp3) is 0.447. The van der Waals surface area contributed by atoms with E-state index in [9.17, 15) is 4.79 Å². The lowest BCUT2D eigenvalue weighted by atomic mass is 9.70. The van der Waals surface area contributed by atoms with E-state index in [-0.39, 0.29) is 17.1 Å². The number of ether oxygens (including phenoxy) is 2. The Hall–Kier alpha value is -3.37. The molecule has 2 heterocycles. The van der Waals surface area contributed by atoms with Gasteiger partial charge in [0.25, 0.3) is 8.32 Å². The second-order valence-corrected chi connectivity index (χ2v) is 19.7. The Morgan fingerprint density at radius 3 is 2.11 bits per heavy atom. The van der Waals surface area contributed by atoms with Gasteiger partial charge in [-0.25, -0.2) is 9.98 Å². The molecule has 0 radical (unpaired) electrons. The first kappa shape index (κ1) is 34.9. The zero-order chi connectivity index (χ0) is 33.7. The van der Waals surface area contributed by atoms with E-state index in [1.807, 2.05) is 55.1 Å². The Morgan fingerprint density at radius 1 is 0.936 bits per heavy atom. The molecule has 1 saturated carbocycles. The van der Waals surface area contributed by atoms with Gasteiger partial charge in [-0.05, 0) is 74.0 Å². The third-order valence-corrected chi connectivity index (χ3v) is 14.8. The smallest absolute Gasteiger partial charge is 0.312 e. The van der Waals surface area contributed by atoms with Gasteiger partial charge in [0.05, 0.1) is 5.41 Å². The summed E-state index contributed by atoms with van der Waals surface area (Å²) in [6, 6.07) is 27.4. The third kappa shape index (κ3) is 8.03. The molecule has 0 spiro atoms. The summed E-state index contributed by atoms with van der Waals surface area (Å²) in [7, 11) is -1.06. The quantitative estimate of drug-likeness (QED) is 0.132. The SMILES string of the molecule is COCn1ccsc1=Nc1cccc(CC2(C(=O)OC(C)(C)C)CCC(O[Si](c3ccccc3)(c3ccccc3)C(C)(C)C)CC2)n1. The highest BCUT2D eigenvalue weighted by atomic mass is 32.1. The van der Waals surface area contributed by atoms with Crippen molar-refractivity contribution in [2.24, 2.45) is 10.4 Å². The molecule has 7 nitrogen and oxygen atoms in total. The van der Waals surface area contributed by atoms with Crippen LogP contribution in [0.3, 0.4) is 0 Å².